The lowest BCUT2D eigenvalue weighted by Gasteiger charge is -2.33. The van der Waals surface area contributed by atoms with Gasteiger partial charge in [0.25, 0.3) is 15.9 Å². The second kappa shape index (κ2) is 11.7. The highest BCUT2D eigenvalue weighted by molar-refractivity contribution is 7.92. The molecule has 1 aliphatic rings. The summed E-state index contributed by atoms with van der Waals surface area (Å²) in [6.07, 6.45) is 1.50. The second-order valence-corrected chi connectivity index (χ2v) is 10.9. The molecule has 8 nitrogen and oxygen atoms in total. The summed E-state index contributed by atoms with van der Waals surface area (Å²) < 4.78 is 39.3. The lowest BCUT2D eigenvalue weighted by atomic mass is 9.87. The SMILES string of the molecule is COc1ccc(CC2CNCCC2NC(=O)c2ccccc2NS(=O)(=O)c2ccc(C)cc2)cc1OC. The summed E-state index contributed by atoms with van der Waals surface area (Å²) in [7, 11) is -0.633. The fraction of sp³-hybridized carbons (Fsp3) is 0.321. The largest absolute Gasteiger partial charge is 0.493 e. The Hall–Kier alpha value is -3.56. The van der Waals surface area contributed by atoms with E-state index >= 15 is 0 Å². The van der Waals surface area contributed by atoms with Crippen molar-refractivity contribution in [1.82, 2.24) is 10.6 Å². The van der Waals surface area contributed by atoms with E-state index < -0.39 is 10.0 Å². The quantitative estimate of drug-likeness (QED) is 0.394. The maximum absolute atomic E-state index is 13.4. The molecule has 3 N–H and O–H groups in total. The van der Waals surface area contributed by atoms with Crippen molar-refractivity contribution < 1.29 is 22.7 Å². The van der Waals surface area contributed by atoms with E-state index in [9.17, 15) is 13.2 Å². The van der Waals surface area contributed by atoms with Crippen molar-refractivity contribution in [2.45, 2.75) is 30.7 Å². The Morgan fingerprint density at radius 3 is 2.46 bits per heavy atom. The number of para-hydroxylation sites is 1. The molecular weight excluding hydrogens is 490 g/mol. The first-order valence-electron chi connectivity index (χ1n) is 12.2. The number of carbonyl (C=O) groups is 1. The Balaban J connectivity index is 1.50. The second-order valence-electron chi connectivity index (χ2n) is 9.19. The van der Waals surface area contributed by atoms with Gasteiger partial charge in [-0.25, -0.2) is 8.42 Å². The normalized spacial score (nSPS) is 17.6. The van der Waals surface area contributed by atoms with Gasteiger partial charge in [-0.05, 0) is 74.2 Å². The van der Waals surface area contributed by atoms with E-state index in [-0.39, 0.29) is 34.0 Å². The van der Waals surface area contributed by atoms with Crippen molar-refractivity contribution in [2.24, 2.45) is 5.92 Å². The fourth-order valence-electron chi connectivity index (χ4n) is 4.58. The number of ether oxygens (including phenoxy) is 2. The number of methoxy groups -OCH3 is 2. The van der Waals surface area contributed by atoms with Gasteiger partial charge in [-0.15, -0.1) is 0 Å². The van der Waals surface area contributed by atoms with Crippen LogP contribution < -0.4 is 24.8 Å². The van der Waals surface area contributed by atoms with E-state index in [0.717, 1.165) is 37.1 Å². The summed E-state index contributed by atoms with van der Waals surface area (Å²) in [6, 6.07) is 19.0. The maximum Gasteiger partial charge on any atom is 0.261 e. The molecule has 0 aromatic heterocycles. The molecule has 1 fully saturated rings. The standard InChI is InChI=1S/C28H33N3O5S/c1-19-8-11-22(12-9-19)37(33,34)31-25-7-5-4-6-23(25)28(32)30-24-14-15-29-18-21(24)16-20-10-13-26(35-2)27(17-20)36-3/h4-13,17,21,24,29,31H,14-16,18H2,1-3H3,(H,30,32). The Bertz CT molecular complexity index is 1340. The number of sulfonamides is 1. The van der Waals surface area contributed by atoms with Crippen molar-refractivity contribution in [2.75, 3.05) is 32.0 Å². The van der Waals surface area contributed by atoms with Gasteiger partial charge >= 0.3 is 0 Å². The van der Waals surface area contributed by atoms with Crippen LogP contribution in [0.2, 0.25) is 0 Å². The summed E-state index contributed by atoms with van der Waals surface area (Å²) in [5.41, 5.74) is 2.56. The van der Waals surface area contributed by atoms with Crippen molar-refractivity contribution >= 4 is 21.6 Å². The molecule has 37 heavy (non-hydrogen) atoms. The van der Waals surface area contributed by atoms with E-state index in [2.05, 4.69) is 15.4 Å². The fourth-order valence-corrected chi connectivity index (χ4v) is 5.65. The van der Waals surface area contributed by atoms with Gasteiger partial charge in [-0.2, -0.15) is 0 Å². The van der Waals surface area contributed by atoms with Crippen LogP contribution in [0.1, 0.15) is 27.9 Å². The summed E-state index contributed by atoms with van der Waals surface area (Å²) in [5.74, 6) is 1.17. The Kier molecular flexibility index (Phi) is 8.35. The summed E-state index contributed by atoms with van der Waals surface area (Å²) in [6.45, 7) is 3.43. The van der Waals surface area contributed by atoms with E-state index in [1.165, 1.54) is 0 Å². The molecule has 1 amide bonds. The third kappa shape index (κ3) is 6.42. The van der Waals surface area contributed by atoms with Crippen LogP contribution in [0, 0.1) is 12.8 Å². The van der Waals surface area contributed by atoms with Crippen LogP contribution in [0.3, 0.4) is 0 Å². The minimum Gasteiger partial charge on any atom is -0.493 e. The number of carbonyl (C=O) groups excluding carboxylic acids is 1. The highest BCUT2D eigenvalue weighted by Crippen LogP contribution is 2.29. The first kappa shape index (κ1) is 26.5. The highest BCUT2D eigenvalue weighted by atomic mass is 32.2. The van der Waals surface area contributed by atoms with Crippen LogP contribution in [-0.2, 0) is 16.4 Å². The molecular formula is C28H33N3O5S. The number of hydrogen-bond acceptors (Lipinski definition) is 6. The number of amides is 1. The molecule has 0 radical (unpaired) electrons. The Morgan fingerprint density at radius 1 is 1.00 bits per heavy atom. The smallest absolute Gasteiger partial charge is 0.261 e. The third-order valence-corrected chi connectivity index (χ3v) is 8.00. The predicted molar refractivity (Wildman–Crippen MR) is 144 cm³/mol. The number of benzene rings is 3. The third-order valence-electron chi connectivity index (χ3n) is 6.62. The van der Waals surface area contributed by atoms with Crippen molar-refractivity contribution in [3.8, 4) is 11.5 Å². The zero-order valence-corrected chi connectivity index (χ0v) is 22.1. The lowest BCUT2D eigenvalue weighted by molar-refractivity contribution is 0.0911. The van der Waals surface area contributed by atoms with Crippen LogP contribution in [0.25, 0.3) is 0 Å². The van der Waals surface area contributed by atoms with Crippen LogP contribution in [-0.4, -0.2) is 47.7 Å². The van der Waals surface area contributed by atoms with E-state index in [4.69, 9.17) is 9.47 Å². The molecule has 0 aliphatic carbocycles. The molecule has 9 heteroatoms. The molecule has 1 heterocycles. The van der Waals surface area contributed by atoms with E-state index in [0.29, 0.717) is 11.5 Å². The summed E-state index contributed by atoms with van der Waals surface area (Å²) >= 11 is 0. The monoisotopic (exact) mass is 523 g/mol. The maximum atomic E-state index is 13.4. The minimum absolute atomic E-state index is 0.0800. The topological polar surface area (TPSA) is 106 Å². The van der Waals surface area contributed by atoms with Crippen molar-refractivity contribution in [3.63, 3.8) is 0 Å². The summed E-state index contributed by atoms with van der Waals surface area (Å²) in [4.78, 5) is 13.5. The zero-order chi connectivity index (χ0) is 26.4. The highest BCUT2D eigenvalue weighted by Gasteiger charge is 2.28. The Labute approximate surface area is 218 Å². The molecule has 1 aliphatic heterocycles. The molecule has 0 bridgehead atoms. The number of aryl methyl sites for hydroxylation is 1. The van der Waals surface area contributed by atoms with Crippen LogP contribution in [0.15, 0.2) is 71.6 Å². The molecule has 3 aromatic rings. The van der Waals surface area contributed by atoms with Crippen molar-refractivity contribution in [1.29, 1.82) is 0 Å². The minimum atomic E-state index is -3.85. The number of hydrogen-bond donors (Lipinski definition) is 3. The molecule has 1 saturated heterocycles. The van der Waals surface area contributed by atoms with Gasteiger partial charge in [0.2, 0.25) is 0 Å². The molecule has 0 saturated carbocycles. The van der Waals surface area contributed by atoms with E-state index in [1.54, 1.807) is 62.8 Å². The van der Waals surface area contributed by atoms with Gasteiger partial charge in [0, 0.05) is 12.6 Å². The number of piperidine rings is 1. The van der Waals surface area contributed by atoms with Gasteiger partial charge in [0.15, 0.2) is 11.5 Å². The average Bonchev–Trinajstić information content (AvgIpc) is 2.90. The molecule has 196 valence electrons. The number of rotatable bonds is 9. The van der Waals surface area contributed by atoms with Gasteiger partial charge in [-0.1, -0.05) is 35.9 Å². The van der Waals surface area contributed by atoms with Gasteiger partial charge < -0.3 is 20.1 Å². The van der Waals surface area contributed by atoms with Crippen molar-refractivity contribution in [3.05, 3.63) is 83.4 Å². The molecule has 2 unspecified atom stereocenters. The van der Waals surface area contributed by atoms with Crippen LogP contribution >= 0.6 is 0 Å². The Morgan fingerprint density at radius 2 is 1.73 bits per heavy atom. The summed E-state index contributed by atoms with van der Waals surface area (Å²) in [5, 5.41) is 6.58. The lowest BCUT2D eigenvalue weighted by Crippen LogP contribution is -2.50. The van der Waals surface area contributed by atoms with E-state index in [1.807, 2.05) is 25.1 Å². The molecule has 3 aromatic carbocycles. The first-order valence-corrected chi connectivity index (χ1v) is 13.7. The zero-order valence-electron chi connectivity index (χ0n) is 21.3. The van der Waals surface area contributed by atoms with Gasteiger partial charge in [0.1, 0.15) is 0 Å². The number of nitrogens with one attached hydrogen (secondary N) is 3. The number of anilines is 1. The van der Waals surface area contributed by atoms with Gasteiger partial charge in [0.05, 0.1) is 30.4 Å². The van der Waals surface area contributed by atoms with Crippen LogP contribution in [0.5, 0.6) is 11.5 Å². The first-order chi connectivity index (χ1) is 17.8. The average molecular weight is 524 g/mol. The van der Waals surface area contributed by atoms with Crippen LogP contribution in [0.4, 0.5) is 5.69 Å². The molecule has 2 atom stereocenters. The van der Waals surface area contributed by atoms with Gasteiger partial charge in [-0.3, -0.25) is 9.52 Å². The molecule has 0 spiro atoms. The molecule has 4 rings (SSSR count). The predicted octanol–water partition coefficient (Wildman–Crippen LogP) is 3.76.